The van der Waals surface area contributed by atoms with Crippen molar-refractivity contribution in [3.8, 4) is 0 Å². The van der Waals surface area contributed by atoms with E-state index in [0.29, 0.717) is 11.0 Å². The molecule has 108 valence electrons. The minimum absolute atomic E-state index is 0.113. The van der Waals surface area contributed by atoms with E-state index < -0.39 is 0 Å². The molecule has 0 bridgehead atoms. The van der Waals surface area contributed by atoms with Crippen LogP contribution in [0.15, 0.2) is 42.5 Å². The van der Waals surface area contributed by atoms with Gasteiger partial charge in [0, 0.05) is 11.1 Å². The Bertz CT molecular complexity index is 780. The first-order valence-corrected chi connectivity index (χ1v) is 7.10. The van der Waals surface area contributed by atoms with Crippen molar-refractivity contribution < 1.29 is 4.39 Å². The fourth-order valence-corrected chi connectivity index (χ4v) is 2.77. The summed E-state index contributed by atoms with van der Waals surface area (Å²) in [6.45, 7) is 2.06. The molecule has 1 aromatic heterocycles. The molecule has 2 aromatic carbocycles. The maximum absolute atomic E-state index is 13.0. The summed E-state index contributed by atoms with van der Waals surface area (Å²) in [4.78, 5) is 4.35. The highest BCUT2D eigenvalue weighted by Gasteiger charge is 2.14. The van der Waals surface area contributed by atoms with Gasteiger partial charge in [0.1, 0.15) is 5.82 Å². The first kappa shape index (κ1) is 13.9. The molecule has 21 heavy (non-hydrogen) atoms. The minimum atomic E-state index is -0.228. The summed E-state index contributed by atoms with van der Waals surface area (Å²) in [6.07, 6.45) is 0.749. The fraction of sp³-hybridized carbons (Fsp3) is 0.188. The van der Waals surface area contributed by atoms with Crippen LogP contribution in [0.1, 0.15) is 18.5 Å². The molecule has 0 radical (unpaired) electrons. The zero-order valence-electron chi connectivity index (χ0n) is 11.6. The summed E-state index contributed by atoms with van der Waals surface area (Å²) in [5, 5.41) is 0.637. The second kappa shape index (κ2) is 5.37. The van der Waals surface area contributed by atoms with E-state index in [1.54, 1.807) is 18.2 Å². The van der Waals surface area contributed by atoms with Gasteiger partial charge in [0.15, 0.2) is 0 Å². The van der Waals surface area contributed by atoms with Gasteiger partial charge >= 0.3 is 0 Å². The number of fused-ring (bicyclic) bond motifs is 1. The van der Waals surface area contributed by atoms with Crippen molar-refractivity contribution in [2.24, 2.45) is 0 Å². The van der Waals surface area contributed by atoms with Gasteiger partial charge in [-0.1, -0.05) is 23.7 Å². The summed E-state index contributed by atoms with van der Waals surface area (Å²) < 4.78 is 14.9. The molecule has 3 aromatic rings. The van der Waals surface area contributed by atoms with E-state index >= 15 is 0 Å². The lowest BCUT2D eigenvalue weighted by Crippen LogP contribution is -2.11. The van der Waals surface area contributed by atoms with E-state index in [-0.39, 0.29) is 11.9 Å². The third-order valence-electron chi connectivity index (χ3n) is 3.56. The van der Waals surface area contributed by atoms with Crippen molar-refractivity contribution in [2.75, 3.05) is 5.73 Å². The minimum Gasteiger partial charge on any atom is -0.369 e. The van der Waals surface area contributed by atoms with Crippen LogP contribution in [0.25, 0.3) is 11.0 Å². The third-order valence-corrected chi connectivity index (χ3v) is 3.80. The summed E-state index contributed by atoms with van der Waals surface area (Å²) in [7, 11) is 0. The standard InChI is InChI=1S/C16H15ClFN3/c1-10(8-11-2-5-13(18)6-3-11)21-15-7-4-12(17)9-14(15)20-16(21)19/h2-7,9-10H,8H2,1H3,(H2,19,20). The number of halogens is 2. The van der Waals surface area contributed by atoms with Gasteiger partial charge in [-0.05, 0) is 49.2 Å². The Morgan fingerprint density at radius 2 is 1.95 bits per heavy atom. The maximum Gasteiger partial charge on any atom is 0.201 e. The van der Waals surface area contributed by atoms with Crippen LogP contribution in [0.2, 0.25) is 5.02 Å². The molecule has 1 heterocycles. The lowest BCUT2D eigenvalue weighted by molar-refractivity contribution is 0.565. The Labute approximate surface area is 127 Å². The van der Waals surface area contributed by atoms with Crippen LogP contribution >= 0.6 is 11.6 Å². The van der Waals surface area contributed by atoms with Gasteiger partial charge in [-0.3, -0.25) is 0 Å². The summed E-state index contributed by atoms with van der Waals surface area (Å²) in [5.74, 6) is 0.232. The Balaban J connectivity index is 1.95. The molecule has 0 aliphatic heterocycles. The second-order valence-corrected chi connectivity index (χ2v) is 5.59. The molecular weight excluding hydrogens is 289 g/mol. The van der Waals surface area contributed by atoms with E-state index in [0.717, 1.165) is 23.0 Å². The number of imidazole rings is 1. The van der Waals surface area contributed by atoms with Crippen molar-refractivity contribution in [1.29, 1.82) is 0 Å². The smallest absolute Gasteiger partial charge is 0.201 e. The van der Waals surface area contributed by atoms with E-state index in [9.17, 15) is 4.39 Å². The molecule has 2 N–H and O–H groups in total. The largest absolute Gasteiger partial charge is 0.369 e. The molecule has 0 aliphatic carbocycles. The Morgan fingerprint density at radius 1 is 1.24 bits per heavy atom. The average Bonchev–Trinajstić information content (AvgIpc) is 2.76. The van der Waals surface area contributed by atoms with E-state index in [1.165, 1.54) is 12.1 Å². The molecule has 0 spiro atoms. The van der Waals surface area contributed by atoms with Crippen LogP contribution < -0.4 is 5.73 Å². The molecule has 0 amide bonds. The van der Waals surface area contributed by atoms with Crippen molar-refractivity contribution in [1.82, 2.24) is 9.55 Å². The lowest BCUT2D eigenvalue weighted by atomic mass is 10.1. The predicted octanol–water partition coefficient (Wildman–Crippen LogP) is 4.21. The number of nitrogens with two attached hydrogens (primary N) is 1. The molecule has 0 saturated carbocycles. The molecule has 3 rings (SSSR count). The molecular formula is C16H15ClFN3. The summed E-state index contributed by atoms with van der Waals surface area (Å²) >= 11 is 5.98. The number of anilines is 1. The number of rotatable bonds is 3. The van der Waals surface area contributed by atoms with E-state index in [1.807, 2.05) is 16.7 Å². The molecule has 5 heteroatoms. The number of hydrogen-bond donors (Lipinski definition) is 1. The SMILES string of the molecule is CC(Cc1ccc(F)cc1)n1c(N)nc2cc(Cl)ccc21. The predicted molar refractivity (Wildman–Crippen MR) is 84.0 cm³/mol. The number of hydrogen-bond acceptors (Lipinski definition) is 2. The lowest BCUT2D eigenvalue weighted by Gasteiger charge is -2.16. The van der Waals surface area contributed by atoms with Crippen LogP contribution in [-0.2, 0) is 6.42 Å². The second-order valence-electron chi connectivity index (χ2n) is 5.15. The van der Waals surface area contributed by atoms with Gasteiger partial charge in [-0.25, -0.2) is 9.37 Å². The van der Waals surface area contributed by atoms with Crippen LogP contribution in [-0.4, -0.2) is 9.55 Å². The third kappa shape index (κ3) is 2.72. The summed E-state index contributed by atoms with van der Waals surface area (Å²) in [5.41, 5.74) is 8.82. The first-order valence-electron chi connectivity index (χ1n) is 6.72. The van der Waals surface area contributed by atoms with Crippen LogP contribution in [0, 0.1) is 5.82 Å². The van der Waals surface area contributed by atoms with Gasteiger partial charge in [-0.2, -0.15) is 0 Å². The molecule has 1 unspecified atom stereocenters. The monoisotopic (exact) mass is 303 g/mol. The summed E-state index contributed by atoms with van der Waals surface area (Å²) in [6, 6.07) is 12.2. The fourth-order valence-electron chi connectivity index (χ4n) is 2.61. The normalized spacial score (nSPS) is 12.7. The van der Waals surface area contributed by atoms with Crippen molar-refractivity contribution in [3.63, 3.8) is 0 Å². The Hall–Kier alpha value is -2.07. The van der Waals surface area contributed by atoms with Crippen molar-refractivity contribution in [2.45, 2.75) is 19.4 Å². The number of nitrogens with zero attached hydrogens (tertiary/aromatic N) is 2. The van der Waals surface area contributed by atoms with E-state index in [4.69, 9.17) is 17.3 Å². The highest BCUT2D eigenvalue weighted by atomic mass is 35.5. The molecule has 0 saturated heterocycles. The number of benzene rings is 2. The number of aromatic nitrogens is 2. The Morgan fingerprint density at radius 3 is 2.67 bits per heavy atom. The van der Waals surface area contributed by atoms with Crippen LogP contribution in [0.4, 0.5) is 10.3 Å². The van der Waals surface area contributed by atoms with Crippen LogP contribution in [0.5, 0.6) is 0 Å². The quantitative estimate of drug-likeness (QED) is 0.787. The van der Waals surface area contributed by atoms with Crippen molar-refractivity contribution >= 4 is 28.6 Å². The molecule has 0 fully saturated rings. The van der Waals surface area contributed by atoms with Gasteiger partial charge < -0.3 is 10.3 Å². The van der Waals surface area contributed by atoms with Gasteiger partial charge in [0.2, 0.25) is 5.95 Å². The number of nitrogen functional groups attached to an aromatic ring is 1. The van der Waals surface area contributed by atoms with Gasteiger partial charge in [0.05, 0.1) is 11.0 Å². The maximum atomic E-state index is 13.0. The average molecular weight is 304 g/mol. The van der Waals surface area contributed by atoms with Crippen molar-refractivity contribution in [3.05, 3.63) is 58.9 Å². The van der Waals surface area contributed by atoms with Gasteiger partial charge in [-0.15, -0.1) is 0 Å². The van der Waals surface area contributed by atoms with Gasteiger partial charge in [0.25, 0.3) is 0 Å². The Kier molecular flexibility index (Phi) is 3.55. The first-order chi connectivity index (χ1) is 10.0. The zero-order chi connectivity index (χ0) is 15.0. The van der Waals surface area contributed by atoms with Crippen LogP contribution in [0.3, 0.4) is 0 Å². The molecule has 1 atom stereocenters. The highest BCUT2D eigenvalue weighted by molar-refractivity contribution is 6.31. The zero-order valence-corrected chi connectivity index (χ0v) is 12.3. The van der Waals surface area contributed by atoms with E-state index in [2.05, 4.69) is 11.9 Å². The molecule has 0 aliphatic rings. The molecule has 3 nitrogen and oxygen atoms in total. The highest BCUT2D eigenvalue weighted by Crippen LogP contribution is 2.27. The topological polar surface area (TPSA) is 43.8 Å².